The molecule has 15 atom stereocenters. The number of alkyl carbamates (subject to hydrolysis) is 2. The Morgan fingerprint density at radius 2 is 1.15 bits per heavy atom. The van der Waals surface area contributed by atoms with Gasteiger partial charge in [0.05, 0.1) is 25.3 Å². The molecule has 1 unspecified atom stereocenters. The summed E-state index contributed by atoms with van der Waals surface area (Å²) >= 11 is 0. The molecule has 68 heavy (non-hydrogen) atoms. The van der Waals surface area contributed by atoms with Crippen LogP contribution in [0.5, 0.6) is 0 Å². The number of nitrogens with one attached hydrogen (secondary N) is 2. The lowest BCUT2D eigenvalue weighted by Crippen LogP contribution is -2.69. The van der Waals surface area contributed by atoms with E-state index in [0.29, 0.717) is 11.1 Å². The molecule has 8 rings (SSSR count). The molecule has 364 valence electrons. The minimum atomic E-state index is -1.77. The number of carbonyl (C=O) groups excluding carboxylic acids is 3. The number of fused-ring (bicyclic) bond motifs is 1. The van der Waals surface area contributed by atoms with Crippen molar-refractivity contribution in [3.05, 3.63) is 144 Å². The topological polar surface area (TPSA) is 280 Å². The minimum Gasteiger partial charge on any atom is -0.445 e. The van der Waals surface area contributed by atoms with E-state index < -0.39 is 117 Å². The van der Waals surface area contributed by atoms with E-state index in [1.54, 1.807) is 97.1 Å². The van der Waals surface area contributed by atoms with Crippen LogP contribution in [-0.2, 0) is 57.7 Å². The number of hydrogen-bond acceptors (Lipinski definition) is 17. The first-order valence-corrected chi connectivity index (χ1v) is 22.3. The smallest absolute Gasteiger partial charge is 0.412 e. The summed E-state index contributed by atoms with van der Waals surface area (Å²) in [5.41, 5.74) is 8.94. The van der Waals surface area contributed by atoms with Crippen LogP contribution in [0.2, 0.25) is 0 Å². The molecule has 0 bridgehead atoms. The molecule has 0 radical (unpaired) electrons. The van der Waals surface area contributed by atoms with Gasteiger partial charge in [0.2, 0.25) is 0 Å². The Morgan fingerprint density at radius 1 is 0.618 bits per heavy atom. The van der Waals surface area contributed by atoms with Crippen LogP contribution >= 0.6 is 0 Å². The molecule has 4 aromatic carbocycles. The van der Waals surface area contributed by atoms with E-state index >= 15 is 0 Å². The first-order valence-electron chi connectivity index (χ1n) is 22.3. The maximum Gasteiger partial charge on any atom is 0.412 e. The van der Waals surface area contributed by atoms with Gasteiger partial charge in [0.1, 0.15) is 74.7 Å². The largest absolute Gasteiger partial charge is 0.445 e. The van der Waals surface area contributed by atoms with E-state index in [1.165, 1.54) is 4.90 Å². The Labute approximate surface area is 391 Å². The second kappa shape index (κ2) is 22.6. The summed E-state index contributed by atoms with van der Waals surface area (Å²) in [5.74, 6) is 0. The van der Waals surface area contributed by atoms with Gasteiger partial charge in [-0.25, -0.2) is 14.4 Å². The Hall–Kier alpha value is -5.75. The third-order valence-corrected chi connectivity index (χ3v) is 12.3. The fourth-order valence-electron chi connectivity index (χ4n) is 8.68. The fraction of sp³-hybridized carbons (Fsp3) is 0.438. The number of aliphatic hydroxyl groups is 5. The van der Waals surface area contributed by atoms with Crippen molar-refractivity contribution in [1.82, 2.24) is 15.5 Å². The predicted molar refractivity (Wildman–Crippen MR) is 235 cm³/mol. The monoisotopic (exact) mass is 944 g/mol. The highest BCUT2D eigenvalue weighted by atomic mass is 16.8. The molecule has 20 heteroatoms. The number of carbonyl (C=O) groups is 3. The van der Waals surface area contributed by atoms with E-state index in [2.05, 4.69) is 10.6 Å². The maximum atomic E-state index is 13.9. The third-order valence-electron chi connectivity index (χ3n) is 12.3. The molecule has 3 heterocycles. The SMILES string of the molecule is N[C@@H]1C[C@H](NC(=O)OCc2ccccc2)[C@@H](O)[C@H](O[C@@H]2O[C@H](CO)[C@@H](O[C@H]3O[C@H]4CN(C(=O)OCc5ccccc5)C(c5ccccc5)O[C@H]4[C@H](O)[C@H]3NC(=O)OCc3ccccc3)[C@H]2O)[C@H]1O. The first kappa shape index (κ1) is 48.7. The summed E-state index contributed by atoms with van der Waals surface area (Å²) in [4.78, 5) is 41.4. The number of nitrogens with zero attached hydrogens (tertiary/aromatic N) is 1. The quantitative estimate of drug-likeness (QED) is 0.0836. The molecule has 1 aliphatic carbocycles. The van der Waals surface area contributed by atoms with Crippen LogP contribution in [0.3, 0.4) is 0 Å². The summed E-state index contributed by atoms with van der Waals surface area (Å²) in [6.07, 6.45) is -20.2. The third kappa shape index (κ3) is 11.6. The Balaban J connectivity index is 0.995. The lowest BCUT2D eigenvalue weighted by atomic mass is 9.84. The normalized spacial score (nSPS) is 32.3. The summed E-state index contributed by atoms with van der Waals surface area (Å²) in [6, 6.07) is 32.1. The van der Waals surface area contributed by atoms with Crippen LogP contribution in [-0.4, -0.2) is 148 Å². The fourth-order valence-corrected chi connectivity index (χ4v) is 8.68. The Bertz CT molecular complexity index is 2240. The van der Waals surface area contributed by atoms with E-state index in [1.807, 2.05) is 24.3 Å². The van der Waals surface area contributed by atoms with Gasteiger partial charge in [0, 0.05) is 11.6 Å². The van der Waals surface area contributed by atoms with Gasteiger partial charge in [-0.15, -0.1) is 0 Å². The summed E-state index contributed by atoms with van der Waals surface area (Å²) in [6.45, 7) is -1.19. The van der Waals surface area contributed by atoms with Gasteiger partial charge in [0.25, 0.3) is 0 Å². The second-order valence-electron chi connectivity index (χ2n) is 16.9. The highest BCUT2D eigenvalue weighted by Crippen LogP contribution is 2.39. The number of hydrogen-bond donors (Lipinski definition) is 8. The number of rotatable bonds is 14. The second-order valence-corrected chi connectivity index (χ2v) is 16.9. The van der Waals surface area contributed by atoms with Crippen LogP contribution in [0.25, 0.3) is 0 Å². The van der Waals surface area contributed by atoms with Crippen molar-refractivity contribution in [3.8, 4) is 0 Å². The summed E-state index contributed by atoms with van der Waals surface area (Å²) in [5, 5.41) is 62.1. The molecule has 1 saturated carbocycles. The Morgan fingerprint density at radius 3 is 1.72 bits per heavy atom. The predicted octanol–water partition coefficient (Wildman–Crippen LogP) is 1.70. The van der Waals surface area contributed by atoms with Crippen LogP contribution in [0.15, 0.2) is 121 Å². The lowest BCUT2D eigenvalue weighted by Gasteiger charge is -2.51. The molecule has 0 aromatic heterocycles. The molecule has 4 fully saturated rings. The van der Waals surface area contributed by atoms with Gasteiger partial charge in [0.15, 0.2) is 18.8 Å². The Kier molecular flexibility index (Phi) is 16.2. The average molecular weight is 945 g/mol. The standard InChI is InChI=1S/C48H56N4O16/c49-31-21-32(50-46(58)61-24-27-13-5-1-6-14-27)37(55)42(36(31)54)68-45-39(57)41(34(23-53)65-45)67-44-35(51-47(59)62-25-28-15-7-2-8-16-28)38(56)40-33(64-44)22-52(43(66-40)30-19-11-4-12-20-30)48(60)63-26-29-17-9-3-10-18-29/h1-20,31-45,53-57H,21-26,49H2,(H,50,58)(H,51,59)/t31-,32+,33+,34-,35-,36+,37-,38-,39-,40-,41-,42-,43?,44-,45+/m1/s1. The number of nitrogens with two attached hydrogens (primary N) is 1. The van der Waals surface area contributed by atoms with Crippen molar-refractivity contribution in [1.29, 1.82) is 0 Å². The molecule has 9 N–H and O–H groups in total. The first-order chi connectivity index (χ1) is 33.0. The van der Waals surface area contributed by atoms with Crippen molar-refractivity contribution in [2.24, 2.45) is 5.73 Å². The van der Waals surface area contributed by atoms with Gasteiger partial charge in [-0.05, 0) is 23.1 Å². The number of ether oxygens (including phenoxy) is 8. The summed E-state index contributed by atoms with van der Waals surface area (Å²) < 4.78 is 47.6. The number of benzene rings is 4. The van der Waals surface area contributed by atoms with Gasteiger partial charge in [-0.1, -0.05) is 121 Å². The zero-order valence-electron chi connectivity index (χ0n) is 36.7. The molecule has 3 aliphatic heterocycles. The van der Waals surface area contributed by atoms with Crippen LogP contribution in [0.4, 0.5) is 14.4 Å². The van der Waals surface area contributed by atoms with Gasteiger partial charge in [-0.3, -0.25) is 4.90 Å². The molecular formula is C48H56N4O16. The van der Waals surface area contributed by atoms with Crippen molar-refractivity contribution in [2.75, 3.05) is 13.2 Å². The van der Waals surface area contributed by atoms with Gasteiger partial charge < -0.3 is 79.8 Å². The maximum absolute atomic E-state index is 13.9. The van der Waals surface area contributed by atoms with Crippen LogP contribution < -0.4 is 16.4 Å². The minimum absolute atomic E-state index is 0.0503. The van der Waals surface area contributed by atoms with Gasteiger partial charge in [-0.2, -0.15) is 0 Å². The molecular weight excluding hydrogens is 889 g/mol. The van der Waals surface area contributed by atoms with Gasteiger partial charge >= 0.3 is 18.3 Å². The summed E-state index contributed by atoms with van der Waals surface area (Å²) in [7, 11) is 0. The molecule has 3 amide bonds. The molecule has 3 saturated heterocycles. The highest BCUT2D eigenvalue weighted by molar-refractivity contribution is 5.69. The van der Waals surface area contributed by atoms with Crippen molar-refractivity contribution >= 4 is 18.3 Å². The van der Waals surface area contributed by atoms with Crippen LogP contribution in [0, 0.1) is 0 Å². The van der Waals surface area contributed by atoms with E-state index in [9.17, 15) is 39.9 Å². The van der Waals surface area contributed by atoms with E-state index in [-0.39, 0.29) is 32.8 Å². The van der Waals surface area contributed by atoms with Crippen LogP contribution in [0.1, 0.15) is 34.9 Å². The molecule has 20 nitrogen and oxygen atoms in total. The molecule has 4 aliphatic rings. The number of aliphatic hydroxyl groups excluding tert-OH is 5. The van der Waals surface area contributed by atoms with Crippen molar-refractivity contribution < 1.29 is 77.8 Å². The highest BCUT2D eigenvalue weighted by Gasteiger charge is 2.56. The molecule has 0 spiro atoms. The number of amides is 3. The van der Waals surface area contributed by atoms with E-state index in [0.717, 1.165) is 11.1 Å². The average Bonchev–Trinajstić information content (AvgIpc) is 3.66. The van der Waals surface area contributed by atoms with Crippen molar-refractivity contribution in [3.63, 3.8) is 0 Å². The zero-order chi connectivity index (χ0) is 47.7. The van der Waals surface area contributed by atoms with Crippen molar-refractivity contribution in [2.45, 2.75) is 118 Å². The molecule has 4 aromatic rings. The zero-order valence-corrected chi connectivity index (χ0v) is 36.7. The van der Waals surface area contributed by atoms with E-state index in [4.69, 9.17) is 43.6 Å². The lowest BCUT2D eigenvalue weighted by molar-refractivity contribution is -0.322.